The third-order valence-corrected chi connectivity index (χ3v) is 3.07. The first-order valence-electron chi connectivity index (χ1n) is 5.75. The highest BCUT2D eigenvalue weighted by atomic mass is 35.5. The molecule has 0 fully saturated rings. The van der Waals surface area contributed by atoms with Crippen molar-refractivity contribution >= 4 is 23.4 Å². The Bertz CT molecular complexity index is 605. The van der Waals surface area contributed by atoms with E-state index in [1.807, 2.05) is 6.92 Å². The fourth-order valence-electron chi connectivity index (χ4n) is 1.78. The van der Waals surface area contributed by atoms with E-state index in [0.29, 0.717) is 12.1 Å². The van der Waals surface area contributed by atoms with E-state index in [2.05, 4.69) is 10.5 Å². The summed E-state index contributed by atoms with van der Waals surface area (Å²) < 4.78 is 18.6. The number of amides is 1. The predicted molar refractivity (Wildman–Crippen MR) is 70.0 cm³/mol. The summed E-state index contributed by atoms with van der Waals surface area (Å²) in [6, 6.07) is 4.06. The van der Waals surface area contributed by atoms with Gasteiger partial charge in [-0.2, -0.15) is 0 Å². The minimum absolute atomic E-state index is 0.0479. The molecule has 19 heavy (non-hydrogen) atoms. The molecule has 1 amide bonds. The zero-order valence-corrected chi connectivity index (χ0v) is 11.2. The summed E-state index contributed by atoms with van der Waals surface area (Å²) in [6.07, 6.45) is 0.649. The molecule has 0 aliphatic carbocycles. The molecular weight excluding hydrogens is 271 g/mol. The maximum atomic E-state index is 13.6. The van der Waals surface area contributed by atoms with Crippen LogP contribution >= 0.6 is 11.6 Å². The van der Waals surface area contributed by atoms with Crippen molar-refractivity contribution in [1.82, 2.24) is 5.16 Å². The highest BCUT2D eigenvalue weighted by Gasteiger charge is 2.19. The summed E-state index contributed by atoms with van der Waals surface area (Å²) in [6.45, 7) is 3.68. The lowest BCUT2D eigenvalue weighted by Gasteiger charge is -2.06. The maximum absolute atomic E-state index is 13.6. The molecule has 0 saturated carbocycles. The van der Waals surface area contributed by atoms with Crippen molar-refractivity contribution in [3.8, 4) is 0 Å². The molecule has 4 nitrogen and oxygen atoms in total. The number of carbonyl (C=O) groups is 1. The monoisotopic (exact) mass is 282 g/mol. The zero-order valence-electron chi connectivity index (χ0n) is 10.5. The minimum atomic E-state index is -0.681. The lowest BCUT2D eigenvalue weighted by Crippen LogP contribution is -2.15. The van der Waals surface area contributed by atoms with Crippen molar-refractivity contribution in [3.63, 3.8) is 0 Å². The third kappa shape index (κ3) is 2.61. The van der Waals surface area contributed by atoms with E-state index in [0.717, 1.165) is 5.56 Å². The number of nitrogens with zero attached hydrogens (tertiary/aromatic N) is 1. The molecule has 0 radical (unpaired) electrons. The van der Waals surface area contributed by atoms with E-state index in [4.69, 9.17) is 16.1 Å². The Labute approximate surface area is 114 Å². The Hall–Kier alpha value is -1.88. The van der Waals surface area contributed by atoms with Crippen LogP contribution in [-0.4, -0.2) is 11.1 Å². The van der Waals surface area contributed by atoms with E-state index in [9.17, 15) is 9.18 Å². The molecule has 0 aliphatic rings. The average molecular weight is 283 g/mol. The third-order valence-electron chi connectivity index (χ3n) is 2.76. The molecule has 1 N–H and O–H groups in total. The van der Waals surface area contributed by atoms with Gasteiger partial charge in [0.05, 0.1) is 16.3 Å². The van der Waals surface area contributed by atoms with Crippen LogP contribution in [0.5, 0.6) is 0 Å². The van der Waals surface area contributed by atoms with E-state index in [1.54, 1.807) is 6.92 Å². The van der Waals surface area contributed by atoms with Crippen LogP contribution in [0.3, 0.4) is 0 Å². The van der Waals surface area contributed by atoms with Crippen LogP contribution in [0.15, 0.2) is 22.7 Å². The smallest absolute Gasteiger partial charge is 0.262 e. The molecule has 0 atom stereocenters. The topological polar surface area (TPSA) is 55.1 Å². The van der Waals surface area contributed by atoms with Crippen molar-refractivity contribution in [2.75, 3.05) is 5.32 Å². The fourth-order valence-corrected chi connectivity index (χ4v) is 2.03. The van der Waals surface area contributed by atoms with E-state index in [1.165, 1.54) is 18.2 Å². The van der Waals surface area contributed by atoms with Gasteiger partial charge in [0.15, 0.2) is 0 Å². The molecular formula is C13H12ClFN2O2. The van der Waals surface area contributed by atoms with Gasteiger partial charge in [-0.3, -0.25) is 10.1 Å². The molecule has 0 saturated heterocycles. The van der Waals surface area contributed by atoms with Crippen LogP contribution in [-0.2, 0) is 6.42 Å². The van der Waals surface area contributed by atoms with Crippen molar-refractivity contribution in [1.29, 1.82) is 0 Å². The molecule has 1 aromatic carbocycles. The summed E-state index contributed by atoms with van der Waals surface area (Å²) in [5, 5.41) is 6.30. The standard InChI is InChI=1S/C13H12ClFN2O2/c1-3-8-7(2)17-19-13(8)16-12(18)11-9(14)5-4-6-10(11)15/h4-6H,3H2,1-2H3,(H,16,18). The molecule has 2 aromatic rings. The second-order valence-corrected chi connectivity index (χ2v) is 4.39. The molecule has 0 spiro atoms. The molecule has 2 rings (SSSR count). The Morgan fingerprint density at radius 1 is 1.53 bits per heavy atom. The summed E-state index contributed by atoms with van der Waals surface area (Å²) in [5.74, 6) is -1.11. The number of carbonyl (C=O) groups excluding carboxylic acids is 1. The normalized spacial score (nSPS) is 10.5. The number of aromatic nitrogens is 1. The Balaban J connectivity index is 2.31. The number of hydrogen-bond donors (Lipinski definition) is 1. The van der Waals surface area contributed by atoms with Crippen LogP contribution in [0.1, 0.15) is 28.5 Å². The van der Waals surface area contributed by atoms with Crippen LogP contribution < -0.4 is 5.32 Å². The number of anilines is 1. The van der Waals surface area contributed by atoms with Gasteiger partial charge < -0.3 is 4.52 Å². The molecule has 100 valence electrons. The number of benzene rings is 1. The van der Waals surface area contributed by atoms with E-state index < -0.39 is 11.7 Å². The second-order valence-electron chi connectivity index (χ2n) is 3.98. The average Bonchev–Trinajstić information content (AvgIpc) is 2.69. The first-order chi connectivity index (χ1) is 9.04. The lowest BCUT2D eigenvalue weighted by molar-refractivity contribution is 0.102. The van der Waals surface area contributed by atoms with Gasteiger partial charge in [0.25, 0.3) is 5.91 Å². The summed E-state index contributed by atoms with van der Waals surface area (Å²) in [7, 11) is 0. The van der Waals surface area contributed by atoms with Crippen LogP contribution in [0, 0.1) is 12.7 Å². The molecule has 0 aliphatic heterocycles. The van der Waals surface area contributed by atoms with Crippen LogP contribution in [0.25, 0.3) is 0 Å². The molecule has 0 bridgehead atoms. The first-order valence-corrected chi connectivity index (χ1v) is 6.13. The molecule has 0 unspecified atom stereocenters. The van der Waals surface area contributed by atoms with Gasteiger partial charge >= 0.3 is 0 Å². The maximum Gasteiger partial charge on any atom is 0.262 e. The van der Waals surface area contributed by atoms with Crippen LogP contribution in [0.2, 0.25) is 5.02 Å². The molecule has 1 heterocycles. The summed E-state index contributed by atoms with van der Waals surface area (Å²) >= 11 is 5.82. The number of aryl methyl sites for hydroxylation is 1. The van der Waals surface area contributed by atoms with Crippen molar-refractivity contribution in [2.24, 2.45) is 0 Å². The van der Waals surface area contributed by atoms with E-state index in [-0.39, 0.29) is 16.5 Å². The van der Waals surface area contributed by atoms with Crippen molar-refractivity contribution in [2.45, 2.75) is 20.3 Å². The SMILES string of the molecule is CCc1c(C)noc1NC(=O)c1c(F)cccc1Cl. The Kier molecular flexibility index (Phi) is 3.85. The number of rotatable bonds is 3. The Morgan fingerprint density at radius 3 is 2.89 bits per heavy atom. The van der Waals surface area contributed by atoms with Crippen molar-refractivity contribution < 1.29 is 13.7 Å². The van der Waals surface area contributed by atoms with Crippen molar-refractivity contribution in [3.05, 3.63) is 45.9 Å². The fraction of sp³-hybridized carbons (Fsp3) is 0.231. The second kappa shape index (κ2) is 5.40. The van der Waals surface area contributed by atoms with E-state index >= 15 is 0 Å². The van der Waals surface area contributed by atoms with Gasteiger partial charge in [0.2, 0.25) is 5.88 Å². The highest BCUT2D eigenvalue weighted by molar-refractivity contribution is 6.34. The number of hydrogen-bond acceptors (Lipinski definition) is 3. The molecule has 6 heteroatoms. The quantitative estimate of drug-likeness (QED) is 0.936. The minimum Gasteiger partial charge on any atom is -0.338 e. The lowest BCUT2D eigenvalue weighted by atomic mass is 10.1. The number of nitrogens with one attached hydrogen (secondary N) is 1. The number of halogens is 2. The van der Waals surface area contributed by atoms with Gasteiger partial charge in [-0.15, -0.1) is 0 Å². The van der Waals surface area contributed by atoms with Crippen LogP contribution in [0.4, 0.5) is 10.3 Å². The first kappa shape index (κ1) is 13.5. The highest BCUT2D eigenvalue weighted by Crippen LogP contribution is 2.23. The summed E-state index contributed by atoms with van der Waals surface area (Å²) in [5.41, 5.74) is 1.26. The largest absolute Gasteiger partial charge is 0.338 e. The van der Waals surface area contributed by atoms with Gasteiger partial charge in [0, 0.05) is 5.56 Å². The predicted octanol–water partition coefficient (Wildman–Crippen LogP) is 3.59. The van der Waals surface area contributed by atoms with Gasteiger partial charge in [-0.25, -0.2) is 4.39 Å². The summed E-state index contributed by atoms with van der Waals surface area (Å²) in [4.78, 5) is 12.0. The molecule has 1 aromatic heterocycles. The van der Waals surface area contributed by atoms with Gasteiger partial charge in [-0.1, -0.05) is 29.7 Å². The van der Waals surface area contributed by atoms with Gasteiger partial charge in [0.1, 0.15) is 5.82 Å². The Morgan fingerprint density at radius 2 is 2.26 bits per heavy atom. The zero-order chi connectivity index (χ0) is 14.0. The van der Waals surface area contributed by atoms with Gasteiger partial charge in [-0.05, 0) is 25.5 Å².